The fourth-order valence-corrected chi connectivity index (χ4v) is 3.15. The molecule has 6 nitrogen and oxygen atoms in total. The van der Waals surface area contributed by atoms with Crippen molar-refractivity contribution in [1.82, 2.24) is 5.32 Å². The summed E-state index contributed by atoms with van der Waals surface area (Å²) in [6.07, 6.45) is -1.41. The lowest BCUT2D eigenvalue weighted by atomic mass is 9.78. The molecule has 2 aliphatic heterocycles. The molecule has 100 valence electrons. The van der Waals surface area contributed by atoms with Crippen molar-refractivity contribution in [3.8, 4) is 5.75 Å². The molecule has 1 aromatic carbocycles. The van der Waals surface area contributed by atoms with Crippen molar-refractivity contribution in [2.75, 3.05) is 19.8 Å². The molecule has 8 heteroatoms. The first-order valence-corrected chi connectivity index (χ1v) is 6.93. The number of hydrogen-bond donors (Lipinski definition) is 2. The van der Waals surface area contributed by atoms with E-state index in [1.807, 2.05) is 12.1 Å². The van der Waals surface area contributed by atoms with Crippen molar-refractivity contribution in [3.05, 3.63) is 21.3 Å². The van der Waals surface area contributed by atoms with Crippen LogP contribution in [0.4, 0.5) is 4.79 Å². The fourth-order valence-electron chi connectivity index (χ4n) is 2.33. The minimum absolute atomic E-state index is 0.196. The monoisotopic (exact) mass is 375 g/mol. The van der Waals surface area contributed by atoms with Gasteiger partial charge in [-0.1, -0.05) is 0 Å². The van der Waals surface area contributed by atoms with Gasteiger partial charge in [0.15, 0.2) is 0 Å². The second-order valence-corrected chi connectivity index (χ2v) is 5.40. The van der Waals surface area contributed by atoms with E-state index in [2.05, 4.69) is 27.9 Å². The third kappa shape index (κ3) is 2.39. The summed E-state index contributed by atoms with van der Waals surface area (Å²) in [5.74, 6) is 0.760. The lowest BCUT2D eigenvalue weighted by Gasteiger charge is -2.15. The minimum Gasteiger partial charge on any atom is -0.492 e. The maximum absolute atomic E-state index is 10.6. The van der Waals surface area contributed by atoms with Crippen LogP contribution in [0.1, 0.15) is 11.7 Å². The van der Waals surface area contributed by atoms with Gasteiger partial charge < -0.3 is 24.5 Å². The van der Waals surface area contributed by atoms with Crippen LogP contribution in [0.2, 0.25) is 0 Å². The molecule has 1 amide bonds. The summed E-state index contributed by atoms with van der Waals surface area (Å²) in [4.78, 5) is 10.6. The summed E-state index contributed by atoms with van der Waals surface area (Å²) < 4.78 is 18.0. The summed E-state index contributed by atoms with van der Waals surface area (Å²) in [5.41, 5.74) is 1.85. The average molecular weight is 375 g/mol. The van der Waals surface area contributed by atoms with Crippen molar-refractivity contribution >= 4 is 41.3 Å². The number of halogens is 1. The Labute approximate surface area is 123 Å². The number of benzene rings is 1. The number of amides is 1. The molecule has 2 N–H and O–H groups in total. The number of ether oxygens (including phenoxy) is 1. The Kier molecular flexibility index (Phi) is 3.55. The fraction of sp³-hybridized carbons (Fsp3) is 0.364. The molecule has 3 rings (SSSR count). The van der Waals surface area contributed by atoms with E-state index in [9.17, 15) is 4.79 Å². The van der Waals surface area contributed by atoms with Crippen LogP contribution < -0.4 is 15.5 Å². The van der Waals surface area contributed by atoms with Crippen LogP contribution in [0, 0.1) is 3.57 Å². The van der Waals surface area contributed by atoms with E-state index in [0.717, 1.165) is 20.3 Å². The first-order chi connectivity index (χ1) is 9.16. The van der Waals surface area contributed by atoms with E-state index < -0.39 is 13.2 Å². The van der Waals surface area contributed by atoms with E-state index in [0.29, 0.717) is 13.2 Å². The highest BCUT2D eigenvalue weighted by Crippen LogP contribution is 2.33. The van der Waals surface area contributed by atoms with Crippen molar-refractivity contribution < 1.29 is 23.9 Å². The summed E-state index contributed by atoms with van der Waals surface area (Å²) in [6.45, 7) is 1.14. The second-order valence-electron chi connectivity index (χ2n) is 4.23. The summed E-state index contributed by atoms with van der Waals surface area (Å²) in [7, 11) is -0.470. The molecule has 0 aromatic heterocycles. The van der Waals surface area contributed by atoms with Crippen molar-refractivity contribution in [1.29, 1.82) is 0 Å². The molecule has 0 aliphatic carbocycles. The van der Waals surface area contributed by atoms with Crippen LogP contribution in [0.25, 0.3) is 0 Å². The number of carbonyl (C=O) groups is 1. The Bertz CT molecular complexity index is 526. The van der Waals surface area contributed by atoms with Gasteiger partial charge >= 0.3 is 13.2 Å². The second kappa shape index (κ2) is 5.18. The van der Waals surface area contributed by atoms with E-state index in [1.54, 1.807) is 0 Å². The summed E-state index contributed by atoms with van der Waals surface area (Å²) >= 11 is 2.21. The highest BCUT2D eigenvalue weighted by molar-refractivity contribution is 14.1. The van der Waals surface area contributed by atoms with Gasteiger partial charge in [-0.05, 0) is 40.3 Å². The molecule has 1 atom stereocenters. The van der Waals surface area contributed by atoms with E-state index in [4.69, 9.17) is 19.2 Å². The van der Waals surface area contributed by atoms with Crippen molar-refractivity contribution in [2.24, 2.45) is 0 Å². The van der Waals surface area contributed by atoms with Gasteiger partial charge in [0, 0.05) is 15.6 Å². The molecule has 1 aromatic rings. The van der Waals surface area contributed by atoms with Crippen LogP contribution >= 0.6 is 22.6 Å². The summed E-state index contributed by atoms with van der Waals surface area (Å²) in [6, 6.07) is 3.85. The maximum atomic E-state index is 10.6. The zero-order valence-corrected chi connectivity index (χ0v) is 12.0. The molecule has 0 saturated carbocycles. The van der Waals surface area contributed by atoms with Crippen LogP contribution in [0.5, 0.6) is 5.75 Å². The molecule has 2 heterocycles. The van der Waals surface area contributed by atoms with Crippen LogP contribution in [-0.2, 0) is 9.31 Å². The van der Waals surface area contributed by atoms with Crippen LogP contribution in [-0.4, -0.2) is 38.1 Å². The lowest BCUT2D eigenvalue weighted by molar-refractivity contribution is 0.138. The highest BCUT2D eigenvalue weighted by Gasteiger charge is 2.42. The first kappa shape index (κ1) is 13.0. The molecule has 19 heavy (non-hydrogen) atoms. The molecular formula is C11H11BINO5. The van der Waals surface area contributed by atoms with Gasteiger partial charge in [0.2, 0.25) is 0 Å². The molecule has 2 aliphatic rings. The third-order valence-corrected chi connectivity index (χ3v) is 4.03. The first-order valence-electron chi connectivity index (χ1n) is 5.86. The molecular weight excluding hydrogens is 364 g/mol. The van der Waals surface area contributed by atoms with Gasteiger partial charge in [0.1, 0.15) is 12.4 Å². The van der Waals surface area contributed by atoms with E-state index in [-0.39, 0.29) is 12.6 Å². The smallest absolute Gasteiger partial charge is 0.492 e. The highest BCUT2D eigenvalue weighted by atomic mass is 127. The predicted molar refractivity (Wildman–Crippen MR) is 75.8 cm³/mol. The quantitative estimate of drug-likeness (QED) is 0.589. The molecule has 1 unspecified atom stereocenters. The normalized spacial score (nSPS) is 20.5. The van der Waals surface area contributed by atoms with Gasteiger partial charge in [-0.25, -0.2) is 4.79 Å². The standard InChI is InChI=1S/C11H11BINO5/c13-6-1-2-7-10-9(6)8(5-14-11(15)16)19-12(10)18-4-3-17-7/h1-2,8,14H,3-5H2,(H,15,16). The molecule has 0 spiro atoms. The Morgan fingerprint density at radius 2 is 2.37 bits per heavy atom. The van der Waals surface area contributed by atoms with E-state index >= 15 is 0 Å². The zero-order chi connectivity index (χ0) is 13.4. The Morgan fingerprint density at radius 1 is 1.53 bits per heavy atom. The van der Waals surface area contributed by atoms with Gasteiger partial charge in [-0.15, -0.1) is 0 Å². The lowest BCUT2D eigenvalue weighted by Crippen LogP contribution is -2.32. The minimum atomic E-state index is -1.07. The van der Waals surface area contributed by atoms with Gasteiger partial charge in [0.25, 0.3) is 0 Å². The van der Waals surface area contributed by atoms with Crippen molar-refractivity contribution in [3.63, 3.8) is 0 Å². The Balaban J connectivity index is 1.97. The molecule has 0 saturated heterocycles. The van der Waals surface area contributed by atoms with Gasteiger partial charge in [-0.3, -0.25) is 0 Å². The van der Waals surface area contributed by atoms with Crippen molar-refractivity contribution in [2.45, 2.75) is 6.10 Å². The maximum Gasteiger partial charge on any atom is 0.498 e. The van der Waals surface area contributed by atoms with Gasteiger partial charge in [0.05, 0.1) is 12.7 Å². The average Bonchev–Trinajstić information content (AvgIpc) is 2.62. The SMILES string of the molecule is O=C(O)NCC1OB2OCCOc3ccc(I)c1c32. The number of nitrogens with one attached hydrogen (secondary N) is 1. The van der Waals surface area contributed by atoms with Gasteiger partial charge in [-0.2, -0.15) is 0 Å². The number of rotatable bonds is 2. The molecule has 0 radical (unpaired) electrons. The zero-order valence-electron chi connectivity index (χ0n) is 9.89. The number of carboxylic acid groups (broad SMARTS) is 1. The Morgan fingerprint density at radius 3 is 3.16 bits per heavy atom. The number of hydrogen-bond acceptors (Lipinski definition) is 4. The topological polar surface area (TPSA) is 77.0 Å². The molecule has 0 bridgehead atoms. The third-order valence-electron chi connectivity index (χ3n) is 3.09. The van der Waals surface area contributed by atoms with E-state index in [1.165, 1.54) is 0 Å². The Hall–Kier alpha value is -0.995. The largest absolute Gasteiger partial charge is 0.498 e. The predicted octanol–water partition coefficient (Wildman–Crippen LogP) is 0.734. The summed E-state index contributed by atoms with van der Waals surface area (Å²) in [5, 5.41) is 11.0. The van der Waals surface area contributed by atoms with Crippen LogP contribution in [0.15, 0.2) is 12.1 Å². The molecule has 0 fully saturated rings. The van der Waals surface area contributed by atoms with Crippen LogP contribution in [0.3, 0.4) is 0 Å².